The average molecular weight is 473 g/mol. The molecule has 11 nitrogen and oxygen atoms in total. The van der Waals surface area contributed by atoms with Crippen molar-refractivity contribution < 1.29 is 43.2 Å². The molecule has 0 aromatic heterocycles. The maximum Gasteiger partial charge on any atom is 0.326 e. The molecule has 0 radical (unpaired) electrons. The quantitative estimate of drug-likeness (QED) is 0.489. The topological polar surface area (TPSA) is 142 Å². The van der Waals surface area contributed by atoms with E-state index in [9.17, 15) is 19.5 Å². The van der Waals surface area contributed by atoms with Gasteiger partial charge in [-0.2, -0.15) is 0 Å². The zero-order valence-electron chi connectivity index (χ0n) is 20.4. The van der Waals surface area contributed by atoms with Gasteiger partial charge in [-0.05, 0) is 39.5 Å². The van der Waals surface area contributed by atoms with E-state index < -0.39 is 72.1 Å². The van der Waals surface area contributed by atoms with Crippen LogP contribution in [0.15, 0.2) is 0 Å². The molecule has 0 saturated carbocycles. The Morgan fingerprint density at radius 3 is 1.82 bits per heavy atom. The number of carboxylic acids is 1. The van der Waals surface area contributed by atoms with Crippen LogP contribution < -0.4 is 10.6 Å². The SMILES string of the molecule is CC(C)[C@H](NC(=O)[C@H](NC(=O)[C@@H]1O[C@@H]2OC(C)(C)O[C@@H]2[C@H]2OC(C)(C)O[C@@H]21)C(C)C)C(=O)O. The molecular weight excluding hydrogens is 436 g/mol. The summed E-state index contributed by atoms with van der Waals surface area (Å²) in [5.41, 5.74) is 0. The molecule has 0 aromatic rings. The molecule has 3 rings (SSSR count). The Balaban J connectivity index is 1.78. The number of carbonyl (C=O) groups is 3. The number of nitrogens with one attached hydrogen (secondary N) is 2. The van der Waals surface area contributed by atoms with E-state index in [1.165, 1.54) is 0 Å². The number of rotatable bonds is 7. The standard InChI is InChI=1S/C22H36N2O9/c1-9(2)11(17(25)24-12(10(3)4)19(27)28)23-18(26)15-13-14(31-21(5,6)30-13)16-20(29-15)33-22(7,8)32-16/h9-16,20H,1-8H3,(H,23,26)(H,24,25)(H,27,28)/t11-,12+,13+,14+,15-,16-,20-/m1/s1. The lowest BCUT2D eigenvalue weighted by Gasteiger charge is -2.37. The zero-order chi connectivity index (χ0) is 24.9. The molecule has 0 aromatic carbocycles. The molecule has 7 atom stereocenters. The van der Waals surface area contributed by atoms with Gasteiger partial charge in [0.25, 0.3) is 5.91 Å². The summed E-state index contributed by atoms with van der Waals surface area (Å²) in [5.74, 6) is -4.85. The van der Waals surface area contributed by atoms with Crippen LogP contribution in [0.5, 0.6) is 0 Å². The molecule has 33 heavy (non-hydrogen) atoms. The second kappa shape index (κ2) is 9.10. The number of carbonyl (C=O) groups excluding carboxylic acids is 2. The lowest BCUT2D eigenvalue weighted by molar-refractivity contribution is -0.231. The van der Waals surface area contributed by atoms with Crippen LogP contribution in [-0.2, 0) is 38.1 Å². The predicted molar refractivity (Wildman–Crippen MR) is 114 cm³/mol. The van der Waals surface area contributed by atoms with E-state index in [1.807, 2.05) is 0 Å². The molecule has 0 aliphatic carbocycles. The molecule has 3 fully saturated rings. The fourth-order valence-corrected chi connectivity index (χ4v) is 4.35. The Labute approximate surface area is 193 Å². The summed E-state index contributed by atoms with van der Waals surface area (Å²) < 4.78 is 29.7. The summed E-state index contributed by atoms with van der Waals surface area (Å²) >= 11 is 0. The maximum atomic E-state index is 13.3. The Kier molecular flexibility index (Phi) is 7.12. The van der Waals surface area contributed by atoms with E-state index in [4.69, 9.17) is 23.7 Å². The van der Waals surface area contributed by atoms with E-state index in [-0.39, 0.29) is 11.8 Å². The highest BCUT2D eigenvalue weighted by atomic mass is 16.9. The monoisotopic (exact) mass is 472 g/mol. The van der Waals surface area contributed by atoms with Crippen molar-refractivity contribution >= 4 is 17.8 Å². The molecule has 0 unspecified atom stereocenters. The second-order valence-corrected chi connectivity index (χ2v) is 10.4. The van der Waals surface area contributed by atoms with E-state index in [0.29, 0.717) is 0 Å². The van der Waals surface area contributed by atoms with Crippen LogP contribution in [0.3, 0.4) is 0 Å². The number of hydrogen-bond donors (Lipinski definition) is 3. The molecule has 3 heterocycles. The average Bonchev–Trinajstić information content (AvgIpc) is 3.15. The molecule has 0 spiro atoms. The van der Waals surface area contributed by atoms with E-state index in [0.717, 1.165) is 0 Å². The van der Waals surface area contributed by atoms with Crippen LogP contribution in [0.1, 0.15) is 55.4 Å². The summed E-state index contributed by atoms with van der Waals surface area (Å²) in [6.45, 7) is 13.9. The highest BCUT2D eigenvalue weighted by Gasteiger charge is 2.62. The van der Waals surface area contributed by atoms with Gasteiger partial charge in [-0.15, -0.1) is 0 Å². The van der Waals surface area contributed by atoms with Crippen molar-refractivity contribution in [2.75, 3.05) is 0 Å². The van der Waals surface area contributed by atoms with Crippen molar-refractivity contribution in [2.24, 2.45) is 11.8 Å². The molecule has 3 aliphatic rings. The largest absolute Gasteiger partial charge is 0.480 e. The van der Waals surface area contributed by atoms with E-state index in [1.54, 1.807) is 55.4 Å². The van der Waals surface area contributed by atoms with Gasteiger partial charge in [-0.25, -0.2) is 4.79 Å². The molecule has 2 amide bonds. The second-order valence-electron chi connectivity index (χ2n) is 10.4. The fourth-order valence-electron chi connectivity index (χ4n) is 4.35. The molecular formula is C22H36N2O9. The summed E-state index contributed by atoms with van der Waals surface area (Å²) in [7, 11) is 0. The minimum Gasteiger partial charge on any atom is -0.480 e. The van der Waals surface area contributed by atoms with Crippen molar-refractivity contribution in [1.29, 1.82) is 0 Å². The Morgan fingerprint density at radius 1 is 0.758 bits per heavy atom. The first-order valence-electron chi connectivity index (χ1n) is 11.3. The Hall–Kier alpha value is -1.79. The normalized spacial score (nSPS) is 33.8. The maximum absolute atomic E-state index is 13.3. The number of aliphatic carboxylic acids is 1. The summed E-state index contributed by atoms with van der Waals surface area (Å²) in [6, 6.07) is -2.06. The summed E-state index contributed by atoms with van der Waals surface area (Å²) in [5, 5.41) is 14.6. The number of fused-ring (bicyclic) bond motifs is 3. The van der Waals surface area contributed by atoms with Crippen LogP contribution in [0.2, 0.25) is 0 Å². The Morgan fingerprint density at radius 2 is 1.27 bits per heavy atom. The van der Waals surface area contributed by atoms with Gasteiger partial charge in [0.1, 0.15) is 30.4 Å². The van der Waals surface area contributed by atoms with E-state index >= 15 is 0 Å². The van der Waals surface area contributed by atoms with Crippen molar-refractivity contribution in [1.82, 2.24) is 10.6 Å². The third kappa shape index (κ3) is 5.48. The first kappa shape index (κ1) is 25.8. The first-order chi connectivity index (χ1) is 15.1. The minimum atomic E-state index is -1.14. The van der Waals surface area contributed by atoms with Crippen molar-refractivity contribution in [3.05, 3.63) is 0 Å². The highest BCUT2D eigenvalue weighted by Crippen LogP contribution is 2.44. The molecule has 3 aliphatic heterocycles. The third-order valence-corrected chi connectivity index (χ3v) is 5.89. The van der Waals surface area contributed by atoms with Crippen LogP contribution >= 0.6 is 0 Å². The third-order valence-electron chi connectivity index (χ3n) is 5.89. The molecule has 11 heteroatoms. The van der Waals surface area contributed by atoms with Crippen LogP contribution in [0, 0.1) is 11.8 Å². The van der Waals surface area contributed by atoms with Crippen molar-refractivity contribution in [3.63, 3.8) is 0 Å². The highest BCUT2D eigenvalue weighted by molar-refractivity contribution is 5.92. The van der Waals surface area contributed by atoms with Gasteiger partial charge in [-0.1, -0.05) is 27.7 Å². The summed E-state index contributed by atoms with van der Waals surface area (Å²) in [4.78, 5) is 37.7. The van der Waals surface area contributed by atoms with Gasteiger partial charge in [0.05, 0.1) is 0 Å². The molecule has 188 valence electrons. The predicted octanol–water partition coefficient (Wildman–Crippen LogP) is 0.749. The fraction of sp³-hybridized carbons (Fsp3) is 0.864. The zero-order valence-corrected chi connectivity index (χ0v) is 20.4. The number of amides is 2. The van der Waals surface area contributed by atoms with Crippen molar-refractivity contribution in [3.8, 4) is 0 Å². The number of ether oxygens (including phenoxy) is 5. The molecule has 0 bridgehead atoms. The summed E-state index contributed by atoms with van der Waals surface area (Å²) in [6.07, 6.45) is -3.94. The number of hydrogen-bond acceptors (Lipinski definition) is 8. The lowest BCUT2D eigenvalue weighted by atomic mass is 9.96. The van der Waals surface area contributed by atoms with Gasteiger partial charge in [0.15, 0.2) is 24.0 Å². The van der Waals surface area contributed by atoms with Crippen molar-refractivity contribution in [2.45, 2.75) is 110 Å². The van der Waals surface area contributed by atoms with Gasteiger partial charge in [-0.3, -0.25) is 9.59 Å². The van der Waals surface area contributed by atoms with Gasteiger partial charge in [0, 0.05) is 0 Å². The molecule has 3 N–H and O–H groups in total. The van der Waals surface area contributed by atoms with Crippen LogP contribution in [0.25, 0.3) is 0 Å². The van der Waals surface area contributed by atoms with Crippen LogP contribution in [0.4, 0.5) is 0 Å². The van der Waals surface area contributed by atoms with Gasteiger partial charge < -0.3 is 39.4 Å². The molecule has 3 saturated heterocycles. The minimum absolute atomic E-state index is 0.315. The van der Waals surface area contributed by atoms with Gasteiger partial charge in [0.2, 0.25) is 5.91 Å². The van der Waals surface area contributed by atoms with Crippen LogP contribution in [-0.4, -0.2) is 77.3 Å². The van der Waals surface area contributed by atoms with Gasteiger partial charge >= 0.3 is 5.97 Å². The Bertz CT molecular complexity index is 782. The first-order valence-corrected chi connectivity index (χ1v) is 11.3. The smallest absolute Gasteiger partial charge is 0.326 e. The lowest BCUT2D eigenvalue weighted by Crippen LogP contribution is -2.62. The van der Waals surface area contributed by atoms with E-state index in [2.05, 4.69) is 10.6 Å². The number of carboxylic acid groups (broad SMARTS) is 1.